The van der Waals surface area contributed by atoms with Crippen LogP contribution in [0.1, 0.15) is 17.7 Å². The number of carbonyl (C=O) groups excluding carboxylic acids is 1. The topological polar surface area (TPSA) is 88.6 Å². The fourth-order valence-corrected chi connectivity index (χ4v) is 7.68. The van der Waals surface area contributed by atoms with Crippen LogP contribution in [-0.2, 0) is 20.6 Å². The molecule has 3 aromatic rings. The van der Waals surface area contributed by atoms with Gasteiger partial charge in [-0.15, -0.1) is 23.1 Å². The van der Waals surface area contributed by atoms with Gasteiger partial charge in [0.15, 0.2) is 5.13 Å². The molecule has 1 fully saturated rings. The van der Waals surface area contributed by atoms with E-state index in [2.05, 4.69) is 17.4 Å². The van der Waals surface area contributed by atoms with Gasteiger partial charge in [0.25, 0.3) is 0 Å². The summed E-state index contributed by atoms with van der Waals surface area (Å²) >= 11 is 3.30. The summed E-state index contributed by atoms with van der Waals surface area (Å²) in [6.07, 6.45) is 0.954. The molecule has 5 rings (SSSR count). The minimum absolute atomic E-state index is 0.0940. The van der Waals surface area contributed by atoms with Gasteiger partial charge in [0.2, 0.25) is 15.9 Å². The van der Waals surface area contributed by atoms with E-state index in [4.69, 9.17) is 9.72 Å². The van der Waals surface area contributed by atoms with Gasteiger partial charge in [0, 0.05) is 40.1 Å². The lowest BCUT2D eigenvalue weighted by atomic mass is 9.97. The molecule has 2 aliphatic rings. The largest absolute Gasteiger partial charge is 0.497 e. The molecule has 0 spiro atoms. The fourth-order valence-electron chi connectivity index (χ4n) is 4.11. The Morgan fingerprint density at radius 1 is 1.12 bits per heavy atom. The zero-order valence-electron chi connectivity index (χ0n) is 18.0. The van der Waals surface area contributed by atoms with E-state index < -0.39 is 10.0 Å². The van der Waals surface area contributed by atoms with Crippen molar-refractivity contribution in [2.24, 2.45) is 5.92 Å². The summed E-state index contributed by atoms with van der Waals surface area (Å²) in [4.78, 5) is 20.2. The molecule has 2 aliphatic heterocycles. The van der Waals surface area contributed by atoms with Crippen LogP contribution in [0.5, 0.6) is 5.75 Å². The van der Waals surface area contributed by atoms with Crippen LogP contribution < -0.4 is 10.1 Å². The quantitative estimate of drug-likeness (QED) is 0.555. The zero-order valence-corrected chi connectivity index (χ0v) is 20.4. The maximum atomic E-state index is 12.9. The Hall–Kier alpha value is -2.40. The van der Waals surface area contributed by atoms with Crippen LogP contribution in [0.15, 0.2) is 58.3 Å². The third-order valence-electron chi connectivity index (χ3n) is 5.95. The molecule has 0 saturated carbocycles. The second-order valence-electron chi connectivity index (χ2n) is 7.92. The Morgan fingerprint density at radius 2 is 1.85 bits per heavy atom. The van der Waals surface area contributed by atoms with E-state index in [1.807, 2.05) is 12.1 Å². The molecule has 0 atom stereocenters. The molecule has 1 saturated heterocycles. The molecule has 172 valence electrons. The van der Waals surface area contributed by atoms with Gasteiger partial charge >= 0.3 is 0 Å². The summed E-state index contributed by atoms with van der Waals surface area (Å²) in [5.74, 6) is 1.12. The SMILES string of the molecule is COc1ccc(S(=O)(=O)N2CCC(C(=O)Nc3nc4c(s3)CSc3ccccc3-4)CC2)cc1. The molecule has 0 aliphatic carbocycles. The van der Waals surface area contributed by atoms with Crippen molar-refractivity contribution in [1.82, 2.24) is 9.29 Å². The molecule has 10 heteroatoms. The third kappa shape index (κ3) is 4.40. The number of nitrogens with zero attached hydrogens (tertiary/aromatic N) is 2. The average molecular weight is 502 g/mol. The van der Waals surface area contributed by atoms with E-state index >= 15 is 0 Å². The number of anilines is 1. The minimum atomic E-state index is -3.59. The third-order valence-corrected chi connectivity index (χ3v) is 10.1. The van der Waals surface area contributed by atoms with Crippen molar-refractivity contribution in [3.05, 3.63) is 53.4 Å². The first-order chi connectivity index (χ1) is 16.0. The Balaban J connectivity index is 1.22. The summed E-state index contributed by atoms with van der Waals surface area (Å²) < 4.78 is 32.4. The summed E-state index contributed by atoms with van der Waals surface area (Å²) in [6.45, 7) is 0.621. The van der Waals surface area contributed by atoms with Crippen LogP contribution in [0.4, 0.5) is 5.13 Å². The lowest BCUT2D eigenvalue weighted by molar-refractivity contribution is -0.120. The Bertz CT molecular complexity index is 1280. The number of methoxy groups -OCH3 is 1. The van der Waals surface area contributed by atoms with Crippen molar-refractivity contribution in [1.29, 1.82) is 0 Å². The molecule has 0 bridgehead atoms. The van der Waals surface area contributed by atoms with E-state index in [1.165, 1.54) is 27.6 Å². The standard InChI is InChI=1S/C23H23N3O4S3/c1-30-16-6-8-17(9-7-16)33(28,29)26-12-10-15(11-13-26)22(27)25-23-24-21-18-4-2-3-5-19(18)31-14-20(21)32-23/h2-9,15H,10-14H2,1H3,(H,24,25,27). The summed E-state index contributed by atoms with van der Waals surface area (Å²) in [5, 5.41) is 3.58. The number of piperidine rings is 1. The van der Waals surface area contributed by atoms with E-state index in [0.29, 0.717) is 36.8 Å². The molecule has 2 aromatic carbocycles. The number of hydrogen-bond donors (Lipinski definition) is 1. The van der Waals surface area contributed by atoms with Gasteiger partial charge in [-0.1, -0.05) is 18.2 Å². The van der Waals surface area contributed by atoms with Crippen molar-refractivity contribution in [2.45, 2.75) is 28.4 Å². The van der Waals surface area contributed by atoms with Gasteiger partial charge in [-0.25, -0.2) is 13.4 Å². The molecular formula is C23H23N3O4S3. The highest BCUT2D eigenvalue weighted by Crippen LogP contribution is 2.44. The molecule has 0 unspecified atom stereocenters. The van der Waals surface area contributed by atoms with Crippen LogP contribution in [0, 0.1) is 5.92 Å². The van der Waals surface area contributed by atoms with Gasteiger partial charge in [-0.05, 0) is 43.2 Å². The second kappa shape index (κ2) is 9.09. The van der Waals surface area contributed by atoms with E-state index in [0.717, 1.165) is 21.9 Å². The van der Waals surface area contributed by atoms with Crippen molar-refractivity contribution in [2.75, 3.05) is 25.5 Å². The first-order valence-electron chi connectivity index (χ1n) is 10.6. The minimum Gasteiger partial charge on any atom is -0.497 e. The van der Waals surface area contributed by atoms with Crippen LogP contribution in [0.2, 0.25) is 0 Å². The van der Waals surface area contributed by atoms with Crippen LogP contribution >= 0.6 is 23.1 Å². The number of sulfonamides is 1. The average Bonchev–Trinajstić information content (AvgIpc) is 3.27. The summed E-state index contributed by atoms with van der Waals surface area (Å²) in [7, 11) is -2.05. The van der Waals surface area contributed by atoms with Crippen LogP contribution in [-0.4, -0.2) is 43.8 Å². The monoisotopic (exact) mass is 501 g/mol. The molecule has 3 heterocycles. The Morgan fingerprint density at radius 3 is 2.58 bits per heavy atom. The number of carbonyl (C=O) groups is 1. The van der Waals surface area contributed by atoms with E-state index in [9.17, 15) is 13.2 Å². The normalized spacial score (nSPS) is 16.6. The predicted octanol–water partition coefficient (Wildman–Crippen LogP) is 4.46. The molecule has 0 radical (unpaired) electrons. The van der Waals surface area contributed by atoms with Gasteiger partial charge in [0.05, 0.1) is 17.7 Å². The molecule has 7 nitrogen and oxygen atoms in total. The zero-order chi connectivity index (χ0) is 23.0. The Kier molecular flexibility index (Phi) is 6.17. The maximum Gasteiger partial charge on any atom is 0.243 e. The number of rotatable bonds is 5. The van der Waals surface area contributed by atoms with Crippen LogP contribution in [0.3, 0.4) is 0 Å². The first kappa shape index (κ1) is 22.4. The number of fused-ring (bicyclic) bond motifs is 3. The number of amides is 1. The molecule has 1 aromatic heterocycles. The molecule has 1 amide bonds. The van der Waals surface area contributed by atoms with Crippen LogP contribution in [0.25, 0.3) is 11.3 Å². The lowest BCUT2D eigenvalue weighted by Crippen LogP contribution is -2.41. The summed E-state index contributed by atoms with van der Waals surface area (Å²) in [6, 6.07) is 14.5. The second-order valence-corrected chi connectivity index (χ2v) is 12.0. The van der Waals surface area contributed by atoms with Crippen molar-refractivity contribution in [3.8, 4) is 17.0 Å². The Labute approximate surface area is 201 Å². The van der Waals surface area contributed by atoms with Gasteiger partial charge in [0.1, 0.15) is 5.75 Å². The smallest absolute Gasteiger partial charge is 0.243 e. The van der Waals surface area contributed by atoms with Gasteiger partial charge < -0.3 is 10.1 Å². The number of aromatic nitrogens is 1. The lowest BCUT2D eigenvalue weighted by Gasteiger charge is -2.30. The maximum absolute atomic E-state index is 12.9. The van der Waals surface area contributed by atoms with E-state index in [-0.39, 0.29) is 16.7 Å². The van der Waals surface area contributed by atoms with Gasteiger partial charge in [-0.3, -0.25) is 4.79 Å². The van der Waals surface area contributed by atoms with Gasteiger partial charge in [-0.2, -0.15) is 4.31 Å². The van der Waals surface area contributed by atoms with Crippen molar-refractivity contribution < 1.29 is 17.9 Å². The molecule has 1 N–H and O–H groups in total. The fraction of sp³-hybridized carbons (Fsp3) is 0.304. The van der Waals surface area contributed by atoms with E-state index in [1.54, 1.807) is 36.0 Å². The number of benzene rings is 2. The highest BCUT2D eigenvalue weighted by Gasteiger charge is 2.32. The van der Waals surface area contributed by atoms with Crippen molar-refractivity contribution >= 4 is 44.2 Å². The highest BCUT2D eigenvalue weighted by atomic mass is 32.2. The highest BCUT2D eigenvalue weighted by molar-refractivity contribution is 7.98. The van der Waals surface area contributed by atoms with Crippen molar-refractivity contribution in [3.63, 3.8) is 0 Å². The molecular weight excluding hydrogens is 478 g/mol. The summed E-state index contributed by atoms with van der Waals surface area (Å²) in [5.41, 5.74) is 2.06. The number of hydrogen-bond acceptors (Lipinski definition) is 7. The number of thiazole rings is 1. The first-order valence-corrected chi connectivity index (χ1v) is 13.9. The molecule has 33 heavy (non-hydrogen) atoms. The number of ether oxygens (including phenoxy) is 1. The predicted molar refractivity (Wildman–Crippen MR) is 130 cm³/mol. The number of thioether (sulfide) groups is 1. The number of nitrogens with one attached hydrogen (secondary N) is 1.